The van der Waals surface area contributed by atoms with Gasteiger partial charge in [0.05, 0.1) is 5.52 Å². The molecule has 26 heavy (non-hydrogen) atoms. The molecule has 1 heterocycles. The van der Waals surface area contributed by atoms with E-state index in [1.54, 1.807) is 0 Å². The molecule has 3 aromatic rings. The number of rotatable bonds is 5. The molecule has 0 fully saturated rings. The summed E-state index contributed by atoms with van der Waals surface area (Å²) in [6.45, 7) is 10.9. The van der Waals surface area contributed by atoms with Crippen molar-refractivity contribution >= 4 is 32.5 Å². The zero-order valence-corrected chi connectivity index (χ0v) is 17.9. The van der Waals surface area contributed by atoms with Crippen molar-refractivity contribution in [3.05, 3.63) is 57.7 Å². The van der Waals surface area contributed by atoms with Crippen LogP contribution in [-0.2, 0) is 0 Å². The fourth-order valence-electron chi connectivity index (χ4n) is 3.75. The van der Waals surface area contributed by atoms with Crippen molar-refractivity contribution in [1.82, 2.24) is 4.98 Å². The Morgan fingerprint density at radius 3 is 2.27 bits per heavy atom. The van der Waals surface area contributed by atoms with Crippen molar-refractivity contribution in [2.45, 2.75) is 53.5 Å². The molecule has 0 spiro atoms. The predicted octanol–water partition coefficient (Wildman–Crippen LogP) is 7.19. The third kappa shape index (κ3) is 3.64. The number of nitrogens with zero attached hydrogens (tertiary/aromatic N) is 1. The van der Waals surface area contributed by atoms with Gasteiger partial charge in [-0.15, -0.1) is 0 Å². The number of fused-ring (bicyclic) bond motifs is 1. The second kappa shape index (κ2) is 7.79. The first-order valence-corrected chi connectivity index (χ1v) is 10.2. The van der Waals surface area contributed by atoms with Gasteiger partial charge in [0.25, 0.3) is 0 Å². The lowest BCUT2D eigenvalue weighted by atomic mass is 9.93. The van der Waals surface area contributed by atoms with E-state index in [4.69, 9.17) is 4.98 Å². The Bertz CT molecular complexity index is 919. The van der Waals surface area contributed by atoms with E-state index in [0.29, 0.717) is 6.04 Å². The minimum absolute atomic E-state index is 0.486. The maximum absolute atomic E-state index is 4.92. The molecule has 2 nitrogen and oxygen atoms in total. The van der Waals surface area contributed by atoms with Crippen LogP contribution in [0.15, 0.2) is 40.9 Å². The minimum atomic E-state index is 0.486. The normalized spacial score (nSPS) is 11.3. The smallest absolute Gasteiger partial charge is 0.0804 e. The van der Waals surface area contributed by atoms with E-state index in [-0.39, 0.29) is 0 Å². The molecule has 1 N–H and O–H groups in total. The van der Waals surface area contributed by atoms with Crippen LogP contribution in [0.4, 0.5) is 5.69 Å². The molecule has 3 rings (SSSR count). The predicted molar refractivity (Wildman–Crippen MR) is 117 cm³/mol. The molecule has 0 atom stereocenters. The van der Waals surface area contributed by atoms with Crippen LogP contribution in [0.2, 0.25) is 0 Å². The van der Waals surface area contributed by atoms with Crippen LogP contribution in [0.1, 0.15) is 43.5 Å². The second-order valence-electron chi connectivity index (χ2n) is 7.09. The van der Waals surface area contributed by atoms with E-state index in [1.165, 1.54) is 33.3 Å². The van der Waals surface area contributed by atoms with Crippen LogP contribution < -0.4 is 5.32 Å². The van der Waals surface area contributed by atoms with Crippen molar-refractivity contribution in [3.63, 3.8) is 0 Å². The summed E-state index contributed by atoms with van der Waals surface area (Å²) >= 11 is 3.61. The first-order valence-electron chi connectivity index (χ1n) is 9.38. The van der Waals surface area contributed by atoms with E-state index >= 15 is 0 Å². The number of para-hydroxylation sites is 1. The number of aromatic nitrogens is 1. The lowest BCUT2D eigenvalue weighted by Crippen LogP contribution is -2.17. The van der Waals surface area contributed by atoms with Crippen LogP contribution in [0, 0.1) is 20.8 Å². The number of benzene rings is 2. The van der Waals surface area contributed by atoms with Crippen molar-refractivity contribution < 1.29 is 0 Å². The average Bonchev–Trinajstić information content (AvgIpc) is 2.59. The molecule has 0 aliphatic heterocycles. The molecule has 3 heteroatoms. The Morgan fingerprint density at radius 1 is 1.00 bits per heavy atom. The Labute approximate surface area is 165 Å². The minimum Gasteiger partial charge on any atom is -0.382 e. The molecule has 0 saturated heterocycles. The van der Waals surface area contributed by atoms with E-state index < -0.39 is 0 Å². The highest BCUT2D eigenvalue weighted by Gasteiger charge is 2.15. The van der Waals surface area contributed by atoms with E-state index in [0.717, 1.165) is 28.5 Å². The summed E-state index contributed by atoms with van der Waals surface area (Å²) in [6, 6.07) is 13.5. The number of pyridine rings is 1. The molecule has 1 aromatic heterocycles. The van der Waals surface area contributed by atoms with Gasteiger partial charge in [-0.3, -0.25) is 4.98 Å². The maximum Gasteiger partial charge on any atom is 0.0804 e. The van der Waals surface area contributed by atoms with Gasteiger partial charge in [-0.2, -0.15) is 0 Å². The third-order valence-electron chi connectivity index (χ3n) is 5.08. The van der Waals surface area contributed by atoms with Crippen LogP contribution in [-0.4, -0.2) is 11.0 Å². The van der Waals surface area contributed by atoms with Gasteiger partial charge in [-0.25, -0.2) is 0 Å². The number of nitrogens with one attached hydrogen (secondary N) is 1. The van der Waals surface area contributed by atoms with Gasteiger partial charge in [0.2, 0.25) is 0 Å². The lowest BCUT2D eigenvalue weighted by molar-refractivity contribution is 0.672. The zero-order chi connectivity index (χ0) is 18.8. The van der Waals surface area contributed by atoms with Gasteiger partial charge in [0.15, 0.2) is 0 Å². The molecule has 0 amide bonds. The van der Waals surface area contributed by atoms with Crippen molar-refractivity contribution in [1.29, 1.82) is 0 Å². The van der Waals surface area contributed by atoms with E-state index in [2.05, 4.69) is 92.3 Å². The zero-order valence-electron chi connectivity index (χ0n) is 16.3. The summed E-state index contributed by atoms with van der Waals surface area (Å²) in [6.07, 6.45) is 2.23. The molecule has 0 bridgehead atoms. The van der Waals surface area contributed by atoms with E-state index in [9.17, 15) is 0 Å². The molecule has 0 saturated carbocycles. The first-order chi connectivity index (χ1) is 12.4. The summed E-state index contributed by atoms with van der Waals surface area (Å²) in [7, 11) is 0. The number of aryl methyl sites for hydroxylation is 3. The van der Waals surface area contributed by atoms with Crippen LogP contribution in [0.5, 0.6) is 0 Å². The molecular weight excluding hydrogens is 384 g/mol. The van der Waals surface area contributed by atoms with Crippen molar-refractivity contribution in [2.24, 2.45) is 0 Å². The Morgan fingerprint density at radius 2 is 1.65 bits per heavy atom. The Balaban J connectivity index is 2.25. The molecule has 0 unspecified atom stereocenters. The van der Waals surface area contributed by atoms with Gasteiger partial charge in [-0.05, 0) is 68.5 Å². The molecule has 0 aliphatic rings. The van der Waals surface area contributed by atoms with Gasteiger partial charge in [0, 0.05) is 32.8 Å². The molecule has 2 aromatic carbocycles. The third-order valence-corrected chi connectivity index (χ3v) is 5.54. The van der Waals surface area contributed by atoms with Gasteiger partial charge in [-0.1, -0.05) is 48.0 Å². The second-order valence-corrected chi connectivity index (χ2v) is 8.00. The highest BCUT2D eigenvalue weighted by Crippen LogP contribution is 2.36. The molecule has 136 valence electrons. The maximum atomic E-state index is 4.92. The Kier molecular flexibility index (Phi) is 5.67. The number of anilines is 1. The summed E-state index contributed by atoms with van der Waals surface area (Å²) in [5.74, 6) is 0. The summed E-state index contributed by atoms with van der Waals surface area (Å²) < 4.78 is 1.12. The number of hydrogen-bond donors (Lipinski definition) is 1. The number of halogens is 1. The topological polar surface area (TPSA) is 24.9 Å². The summed E-state index contributed by atoms with van der Waals surface area (Å²) in [5.41, 5.74) is 8.34. The van der Waals surface area contributed by atoms with Crippen LogP contribution >= 0.6 is 15.9 Å². The highest BCUT2D eigenvalue weighted by molar-refractivity contribution is 9.10. The van der Waals surface area contributed by atoms with Gasteiger partial charge < -0.3 is 5.32 Å². The standard InChI is InChI=1S/C23H27BrN2/c1-6-18(7-2)26-21-13-16(5)25-23-19(21)9-8-10-20(23)22-14(3)11-17(24)12-15(22)4/h8-13,18H,6-7H2,1-5H3,(H,25,26). The largest absolute Gasteiger partial charge is 0.382 e. The fraction of sp³-hybridized carbons (Fsp3) is 0.348. The summed E-state index contributed by atoms with van der Waals surface area (Å²) in [5, 5.41) is 4.93. The monoisotopic (exact) mass is 410 g/mol. The quantitative estimate of drug-likeness (QED) is 0.481. The number of hydrogen-bond acceptors (Lipinski definition) is 2. The lowest BCUT2D eigenvalue weighted by Gasteiger charge is -2.20. The van der Waals surface area contributed by atoms with Crippen LogP contribution in [0.25, 0.3) is 22.0 Å². The van der Waals surface area contributed by atoms with Gasteiger partial charge >= 0.3 is 0 Å². The summed E-state index contributed by atoms with van der Waals surface area (Å²) in [4.78, 5) is 4.92. The average molecular weight is 411 g/mol. The molecule has 0 radical (unpaired) electrons. The SMILES string of the molecule is CCC(CC)Nc1cc(C)nc2c(-c3c(C)cc(Br)cc3C)cccc12. The van der Waals surface area contributed by atoms with Crippen LogP contribution in [0.3, 0.4) is 0 Å². The Hall–Kier alpha value is -1.87. The van der Waals surface area contributed by atoms with E-state index in [1.807, 2.05) is 0 Å². The molecule has 0 aliphatic carbocycles. The van der Waals surface area contributed by atoms with Crippen molar-refractivity contribution in [3.8, 4) is 11.1 Å². The van der Waals surface area contributed by atoms with Crippen molar-refractivity contribution in [2.75, 3.05) is 5.32 Å². The van der Waals surface area contributed by atoms with Gasteiger partial charge in [0.1, 0.15) is 0 Å². The first kappa shape index (κ1) is 18.9. The highest BCUT2D eigenvalue weighted by atomic mass is 79.9. The molecular formula is C23H27BrN2. The fourth-order valence-corrected chi connectivity index (χ4v) is 4.43.